The van der Waals surface area contributed by atoms with E-state index in [4.69, 9.17) is 44.3 Å². The smallest absolute Gasteiger partial charge is 0.344 e. The van der Waals surface area contributed by atoms with Crippen molar-refractivity contribution in [2.24, 2.45) is 0 Å². The van der Waals surface area contributed by atoms with Crippen molar-refractivity contribution < 1.29 is 19.1 Å². The Labute approximate surface area is 159 Å². The summed E-state index contributed by atoms with van der Waals surface area (Å²) in [5.41, 5.74) is 0.705. The highest BCUT2D eigenvalue weighted by Gasteiger charge is 2.09. The molecule has 1 N–H and O–H groups in total. The first-order chi connectivity index (χ1) is 11.9. The van der Waals surface area contributed by atoms with Crippen LogP contribution >= 0.6 is 34.8 Å². The topological polar surface area (TPSA) is 64.6 Å². The summed E-state index contributed by atoms with van der Waals surface area (Å²) in [5, 5.41) is 4.11. The molecule has 0 unspecified atom stereocenters. The molecule has 0 fully saturated rings. The molecule has 25 heavy (non-hydrogen) atoms. The van der Waals surface area contributed by atoms with Gasteiger partial charge >= 0.3 is 5.97 Å². The summed E-state index contributed by atoms with van der Waals surface area (Å²) in [5.74, 6) is -0.635. The summed E-state index contributed by atoms with van der Waals surface area (Å²) < 4.78 is 10.0. The normalized spacial score (nSPS) is 10.2. The summed E-state index contributed by atoms with van der Waals surface area (Å²) in [4.78, 5) is 23.3. The third-order valence-corrected chi connectivity index (χ3v) is 3.86. The molecule has 0 spiro atoms. The van der Waals surface area contributed by atoms with Crippen LogP contribution in [0.3, 0.4) is 0 Å². The van der Waals surface area contributed by atoms with Crippen LogP contribution < -0.4 is 10.1 Å². The molecule has 5 nitrogen and oxygen atoms in total. The predicted molar refractivity (Wildman–Crippen MR) is 96.2 cm³/mol. The Morgan fingerprint density at radius 1 is 0.920 bits per heavy atom. The molecule has 0 aliphatic carbocycles. The van der Waals surface area contributed by atoms with Crippen LogP contribution in [-0.2, 0) is 20.9 Å². The standard InChI is InChI=1S/C17H14Cl3NO4/c18-12-3-5-14(6-4-12)24-10-17(23)25-9-16(22)21-8-11-1-2-13(19)7-15(11)20/h1-7H,8-10H2,(H,21,22). The van der Waals surface area contributed by atoms with Crippen LogP contribution in [0, 0.1) is 0 Å². The minimum atomic E-state index is -0.658. The molecule has 0 aromatic heterocycles. The molecule has 8 heteroatoms. The highest BCUT2D eigenvalue weighted by Crippen LogP contribution is 2.20. The van der Waals surface area contributed by atoms with E-state index in [0.717, 1.165) is 0 Å². The second-order valence-electron chi connectivity index (χ2n) is 4.92. The lowest BCUT2D eigenvalue weighted by atomic mass is 10.2. The zero-order valence-electron chi connectivity index (χ0n) is 12.9. The number of hydrogen-bond donors (Lipinski definition) is 1. The zero-order chi connectivity index (χ0) is 18.2. The van der Waals surface area contributed by atoms with Gasteiger partial charge in [0, 0.05) is 21.6 Å². The fourth-order valence-corrected chi connectivity index (χ4v) is 2.37. The summed E-state index contributed by atoms with van der Waals surface area (Å²) in [7, 11) is 0. The number of halogens is 3. The SMILES string of the molecule is O=C(COC(=O)COc1ccc(Cl)cc1)NCc1ccc(Cl)cc1Cl. The van der Waals surface area contributed by atoms with Gasteiger partial charge in [-0.05, 0) is 42.0 Å². The van der Waals surface area contributed by atoms with Crippen molar-refractivity contribution in [3.8, 4) is 5.75 Å². The average Bonchev–Trinajstić information content (AvgIpc) is 2.58. The van der Waals surface area contributed by atoms with E-state index < -0.39 is 18.5 Å². The van der Waals surface area contributed by atoms with Crippen LogP contribution in [0.15, 0.2) is 42.5 Å². The molecule has 2 aromatic carbocycles. The number of rotatable bonds is 7. The monoisotopic (exact) mass is 401 g/mol. The van der Waals surface area contributed by atoms with Crippen molar-refractivity contribution in [2.75, 3.05) is 13.2 Å². The molecule has 0 saturated carbocycles. The maximum atomic E-state index is 11.7. The van der Waals surface area contributed by atoms with Gasteiger partial charge in [0.05, 0.1) is 0 Å². The van der Waals surface area contributed by atoms with Crippen molar-refractivity contribution in [1.29, 1.82) is 0 Å². The van der Waals surface area contributed by atoms with Crippen molar-refractivity contribution >= 4 is 46.7 Å². The number of amides is 1. The average molecular weight is 403 g/mol. The zero-order valence-corrected chi connectivity index (χ0v) is 15.2. The third kappa shape index (κ3) is 6.82. The highest BCUT2D eigenvalue weighted by molar-refractivity contribution is 6.35. The van der Waals surface area contributed by atoms with E-state index in [0.29, 0.717) is 26.4 Å². The van der Waals surface area contributed by atoms with Gasteiger partial charge in [-0.25, -0.2) is 4.79 Å². The van der Waals surface area contributed by atoms with Crippen LogP contribution in [0.25, 0.3) is 0 Å². The van der Waals surface area contributed by atoms with Gasteiger partial charge in [0.25, 0.3) is 5.91 Å². The molecule has 0 aliphatic heterocycles. The first-order valence-corrected chi connectivity index (χ1v) is 8.32. The largest absolute Gasteiger partial charge is 0.482 e. The minimum absolute atomic E-state index is 0.202. The van der Waals surface area contributed by atoms with E-state index in [1.54, 1.807) is 42.5 Å². The molecular weight excluding hydrogens is 389 g/mol. The van der Waals surface area contributed by atoms with Crippen molar-refractivity contribution in [2.45, 2.75) is 6.54 Å². The van der Waals surface area contributed by atoms with Gasteiger partial charge in [0.1, 0.15) is 5.75 Å². The van der Waals surface area contributed by atoms with Crippen molar-refractivity contribution in [3.05, 3.63) is 63.1 Å². The Kier molecular flexibility index (Phi) is 7.37. The quantitative estimate of drug-likeness (QED) is 0.714. The number of carbonyl (C=O) groups is 2. The van der Waals surface area contributed by atoms with Gasteiger partial charge < -0.3 is 14.8 Å². The lowest BCUT2D eigenvalue weighted by molar-refractivity contribution is -0.150. The molecule has 1 amide bonds. The summed E-state index contributed by atoms with van der Waals surface area (Å²) >= 11 is 17.5. The fraction of sp³-hybridized carbons (Fsp3) is 0.176. The van der Waals surface area contributed by atoms with Crippen molar-refractivity contribution in [3.63, 3.8) is 0 Å². The molecule has 132 valence electrons. The molecule has 0 saturated heterocycles. The van der Waals surface area contributed by atoms with Gasteiger partial charge in [-0.1, -0.05) is 40.9 Å². The summed E-state index contributed by atoms with van der Waals surface area (Å²) in [6.07, 6.45) is 0. The molecule has 0 heterocycles. The number of ether oxygens (including phenoxy) is 2. The van der Waals surface area contributed by atoms with Crippen LogP contribution in [0.2, 0.25) is 15.1 Å². The van der Waals surface area contributed by atoms with E-state index >= 15 is 0 Å². The number of nitrogens with one attached hydrogen (secondary N) is 1. The van der Waals surface area contributed by atoms with E-state index in [2.05, 4.69) is 5.32 Å². The number of benzene rings is 2. The minimum Gasteiger partial charge on any atom is -0.482 e. The van der Waals surface area contributed by atoms with Gasteiger partial charge in [-0.3, -0.25) is 4.79 Å². The first kappa shape index (κ1) is 19.4. The Morgan fingerprint density at radius 2 is 1.60 bits per heavy atom. The second-order valence-corrected chi connectivity index (χ2v) is 6.20. The molecule has 0 radical (unpaired) electrons. The Hall–Kier alpha value is -1.95. The third-order valence-electron chi connectivity index (χ3n) is 3.03. The molecular formula is C17H14Cl3NO4. The number of esters is 1. The highest BCUT2D eigenvalue weighted by atomic mass is 35.5. The maximum Gasteiger partial charge on any atom is 0.344 e. The van der Waals surface area contributed by atoms with E-state index in [1.807, 2.05) is 0 Å². The lowest BCUT2D eigenvalue weighted by Gasteiger charge is -2.09. The Balaban J connectivity index is 1.68. The van der Waals surface area contributed by atoms with Crippen LogP contribution in [-0.4, -0.2) is 25.1 Å². The van der Waals surface area contributed by atoms with Crippen LogP contribution in [0.5, 0.6) is 5.75 Å². The molecule has 0 aliphatic rings. The fourth-order valence-electron chi connectivity index (χ4n) is 1.77. The number of hydrogen-bond acceptors (Lipinski definition) is 4. The maximum absolute atomic E-state index is 11.7. The van der Waals surface area contributed by atoms with Gasteiger partial charge in [-0.2, -0.15) is 0 Å². The Bertz CT molecular complexity index is 750. The van der Waals surface area contributed by atoms with Crippen LogP contribution in [0.4, 0.5) is 0 Å². The van der Waals surface area contributed by atoms with E-state index in [-0.39, 0.29) is 13.2 Å². The van der Waals surface area contributed by atoms with E-state index in [9.17, 15) is 9.59 Å². The summed E-state index contributed by atoms with van der Waals surface area (Å²) in [6, 6.07) is 11.5. The molecule has 0 bridgehead atoms. The molecule has 0 atom stereocenters. The predicted octanol–water partition coefficient (Wildman–Crippen LogP) is 3.89. The van der Waals surface area contributed by atoms with Crippen molar-refractivity contribution in [1.82, 2.24) is 5.32 Å². The van der Waals surface area contributed by atoms with Gasteiger partial charge in [-0.15, -0.1) is 0 Å². The lowest BCUT2D eigenvalue weighted by Crippen LogP contribution is -2.29. The van der Waals surface area contributed by atoms with E-state index in [1.165, 1.54) is 0 Å². The first-order valence-electron chi connectivity index (χ1n) is 7.18. The molecule has 2 aromatic rings. The van der Waals surface area contributed by atoms with Gasteiger partial charge in [0.15, 0.2) is 13.2 Å². The second kappa shape index (κ2) is 9.51. The van der Waals surface area contributed by atoms with Crippen LogP contribution in [0.1, 0.15) is 5.56 Å². The number of carbonyl (C=O) groups excluding carboxylic acids is 2. The Morgan fingerprint density at radius 3 is 2.28 bits per heavy atom. The molecule has 2 rings (SSSR count). The summed E-state index contributed by atoms with van der Waals surface area (Å²) in [6.45, 7) is -0.514. The van der Waals surface area contributed by atoms with Gasteiger partial charge in [0.2, 0.25) is 0 Å².